The molecule has 0 saturated carbocycles. The van der Waals surface area contributed by atoms with Gasteiger partial charge in [0.05, 0.1) is 27.0 Å². The van der Waals surface area contributed by atoms with Gasteiger partial charge in [0.1, 0.15) is 5.75 Å². The summed E-state index contributed by atoms with van der Waals surface area (Å²) in [5.41, 5.74) is 2.89. The number of amides is 1. The number of carbonyl (C=O) groups excluding carboxylic acids is 1. The number of halogens is 5. The highest BCUT2D eigenvalue weighted by Crippen LogP contribution is 2.35. The third-order valence-corrected chi connectivity index (χ3v) is 11.2. The Bertz CT molecular complexity index is 1830. The fourth-order valence-corrected chi connectivity index (χ4v) is 8.35. The van der Waals surface area contributed by atoms with Gasteiger partial charge in [0.25, 0.3) is 0 Å². The smallest absolute Gasteiger partial charge is 0.328 e. The molecule has 4 aromatic rings. The summed E-state index contributed by atoms with van der Waals surface area (Å²) in [6, 6.07) is 21.8. The number of carbonyl (C=O) groups is 2. The van der Waals surface area contributed by atoms with Gasteiger partial charge in [-0.15, -0.1) is 0 Å². The number of anilines is 1. The van der Waals surface area contributed by atoms with Crippen molar-refractivity contribution >= 4 is 103 Å². The molecular weight excluding hydrogens is 887 g/mol. The van der Waals surface area contributed by atoms with E-state index < -0.39 is 17.6 Å². The van der Waals surface area contributed by atoms with E-state index in [0.717, 1.165) is 31.2 Å². The molecule has 1 aliphatic heterocycles. The topological polar surface area (TPSA) is 102 Å². The van der Waals surface area contributed by atoms with Gasteiger partial charge in [0.2, 0.25) is 5.91 Å². The predicted molar refractivity (Wildman–Crippen MR) is 205 cm³/mol. The molecule has 1 amide bonds. The molecule has 5 rings (SSSR count). The molecule has 2 atom stereocenters. The van der Waals surface area contributed by atoms with Crippen LogP contribution in [0.2, 0.25) is 15.1 Å². The second kappa shape index (κ2) is 15.4. The molecule has 1 fully saturated rings. The van der Waals surface area contributed by atoms with Crippen molar-refractivity contribution in [1.29, 1.82) is 0 Å². The largest absolute Gasteiger partial charge is 0.508 e. The first-order valence-corrected chi connectivity index (χ1v) is 18.0. The number of phenols is 1. The molecule has 12 heteroatoms. The number of aliphatic imine (C=N–C) groups is 1. The van der Waals surface area contributed by atoms with Crippen molar-refractivity contribution in [3.8, 4) is 5.75 Å². The van der Waals surface area contributed by atoms with E-state index in [1.165, 1.54) is 0 Å². The van der Waals surface area contributed by atoms with Crippen LogP contribution >= 0.6 is 80.0 Å². The van der Waals surface area contributed by atoms with Crippen molar-refractivity contribution in [3.05, 3.63) is 123 Å². The molecule has 3 N–H and O–H groups in total. The maximum Gasteiger partial charge on any atom is 0.328 e. The number of aliphatic carboxylic acids is 1. The quantitative estimate of drug-likeness (QED) is 0.109. The van der Waals surface area contributed by atoms with E-state index >= 15 is 0 Å². The third kappa shape index (κ3) is 8.42. The number of benzene rings is 4. The Balaban J connectivity index is 1.53. The normalized spacial score (nSPS) is 17.4. The average molecular weight is 917 g/mol. The van der Waals surface area contributed by atoms with Crippen LogP contribution in [-0.2, 0) is 22.6 Å². The molecule has 1 heterocycles. The Morgan fingerprint density at radius 2 is 1.68 bits per heavy atom. The summed E-state index contributed by atoms with van der Waals surface area (Å²) in [6.45, 7) is 3.17. The maximum atomic E-state index is 14.1. The van der Waals surface area contributed by atoms with E-state index in [4.69, 9.17) is 39.8 Å². The number of carboxylic acid groups (broad SMARTS) is 1. The molecule has 0 unspecified atom stereocenters. The summed E-state index contributed by atoms with van der Waals surface area (Å²) in [4.78, 5) is 33.8. The summed E-state index contributed by atoms with van der Waals surface area (Å²) in [6.07, 6.45) is 1.57. The van der Waals surface area contributed by atoms with E-state index in [0.29, 0.717) is 50.6 Å². The summed E-state index contributed by atoms with van der Waals surface area (Å²) in [7, 11) is 0. The van der Waals surface area contributed by atoms with Crippen molar-refractivity contribution in [1.82, 2.24) is 4.90 Å². The highest BCUT2D eigenvalue weighted by molar-refractivity contribution is 14.1. The lowest BCUT2D eigenvalue weighted by atomic mass is 9.95. The number of aromatic hydroxyl groups is 1. The lowest BCUT2D eigenvalue weighted by molar-refractivity contribution is -0.138. The number of nitrogens with one attached hydrogen (secondary N) is 1. The van der Waals surface area contributed by atoms with Gasteiger partial charge in [-0.1, -0.05) is 71.2 Å². The first-order chi connectivity index (χ1) is 22.4. The molecule has 4 aromatic carbocycles. The van der Waals surface area contributed by atoms with Crippen molar-refractivity contribution in [2.75, 3.05) is 11.9 Å². The Morgan fingerprint density at radius 1 is 0.979 bits per heavy atom. The Morgan fingerprint density at radius 3 is 2.34 bits per heavy atom. The molecule has 0 bridgehead atoms. The van der Waals surface area contributed by atoms with Gasteiger partial charge in [-0.3, -0.25) is 14.7 Å². The van der Waals surface area contributed by atoms with Gasteiger partial charge in [0.15, 0.2) is 6.04 Å². The minimum absolute atomic E-state index is 0.0898. The van der Waals surface area contributed by atoms with E-state index in [2.05, 4.69) is 55.4 Å². The summed E-state index contributed by atoms with van der Waals surface area (Å²) < 4.78 is 1.47. The van der Waals surface area contributed by atoms with Crippen LogP contribution in [0.3, 0.4) is 0 Å². The number of likely N-dealkylation sites (tertiary alicyclic amines) is 1. The van der Waals surface area contributed by atoms with Crippen LogP contribution in [0.25, 0.3) is 0 Å². The van der Waals surface area contributed by atoms with Crippen LogP contribution in [-0.4, -0.2) is 50.8 Å². The SMILES string of the molecule is C[C@@]1(C(=O)Nc2ccc(Cl)cc2C(=N[C@H](Cc2c(I)cc(O)cc2I)C(=O)O)c2ccccc2)CCCN1Cc1ccc(Cl)c(Cl)c1. The van der Waals surface area contributed by atoms with Crippen molar-refractivity contribution in [3.63, 3.8) is 0 Å². The fourth-order valence-electron chi connectivity index (χ4n) is 5.68. The highest BCUT2D eigenvalue weighted by Gasteiger charge is 2.43. The maximum absolute atomic E-state index is 14.1. The van der Waals surface area contributed by atoms with E-state index in [1.54, 1.807) is 36.4 Å². The van der Waals surface area contributed by atoms with Crippen molar-refractivity contribution in [2.24, 2.45) is 4.99 Å². The minimum Gasteiger partial charge on any atom is -0.508 e. The van der Waals surface area contributed by atoms with Gasteiger partial charge in [0, 0.05) is 36.3 Å². The molecule has 0 aromatic heterocycles. The van der Waals surface area contributed by atoms with E-state index in [1.807, 2.05) is 49.4 Å². The first kappa shape index (κ1) is 35.9. The Hall–Kier alpha value is -2.42. The van der Waals surface area contributed by atoms with Crippen LogP contribution in [0.4, 0.5) is 5.69 Å². The van der Waals surface area contributed by atoms with E-state index in [9.17, 15) is 19.8 Å². The minimum atomic E-state index is -1.17. The van der Waals surface area contributed by atoms with E-state index in [-0.39, 0.29) is 18.1 Å². The Labute approximate surface area is 315 Å². The van der Waals surface area contributed by atoms with Gasteiger partial charge < -0.3 is 15.5 Å². The molecule has 1 aliphatic rings. The highest BCUT2D eigenvalue weighted by atomic mass is 127. The zero-order valence-electron chi connectivity index (χ0n) is 25.1. The standard InChI is InChI=1S/C35H30Cl3I2N3O4/c1-35(12-5-13-43(35)19-20-8-10-26(37)27(38)14-20)34(47)42-30-11-9-22(36)15-25(30)32(21-6-3-2-4-7-21)41-31(33(45)46)18-24-28(39)16-23(44)17-29(24)40/h2-4,6-11,14-17,31,44H,5,12-13,18-19H2,1H3,(H,42,47)(H,45,46)/t31-,35+/m1/s1. The number of hydrogen-bond acceptors (Lipinski definition) is 5. The summed E-state index contributed by atoms with van der Waals surface area (Å²) in [5.74, 6) is -1.20. The molecule has 0 aliphatic carbocycles. The molecule has 0 radical (unpaired) electrons. The monoisotopic (exact) mass is 915 g/mol. The number of carboxylic acids is 1. The lowest BCUT2D eigenvalue weighted by Crippen LogP contribution is -2.50. The zero-order valence-corrected chi connectivity index (χ0v) is 31.7. The van der Waals surface area contributed by atoms with Crippen LogP contribution in [0.1, 0.15) is 42.0 Å². The molecular formula is C35H30Cl3I2N3O4. The number of phenolic OH excluding ortho intramolecular Hbond substituents is 1. The van der Waals surface area contributed by atoms with Crippen LogP contribution in [0, 0.1) is 7.14 Å². The second-order valence-electron chi connectivity index (χ2n) is 11.5. The van der Waals surface area contributed by atoms with Crippen LogP contribution in [0.5, 0.6) is 5.75 Å². The van der Waals surface area contributed by atoms with Gasteiger partial charge in [-0.25, -0.2) is 4.79 Å². The molecule has 47 heavy (non-hydrogen) atoms. The van der Waals surface area contributed by atoms with Gasteiger partial charge in [-0.2, -0.15) is 0 Å². The molecule has 1 saturated heterocycles. The van der Waals surface area contributed by atoms with Gasteiger partial charge >= 0.3 is 5.97 Å². The lowest BCUT2D eigenvalue weighted by Gasteiger charge is -2.34. The average Bonchev–Trinajstić information content (AvgIpc) is 3.40. The Kier molecular flexibility index (Phi) is 11.8. The van der Waals surface area contributed by atoms with Gasteiger partial charge in [-0.05, 0) is 125 Å². The summed E-state index contributed by atoms with van der Waals surface area (Å²) >= 11 is 23.1. The molecule has 0 spiro atoms. The van der Waals surface area contributed by atoms with Crippen molar-refractivity contribution in [2.45, 2.75) is 44.3 Å². The number of rotatable bonds is 10. The second-order valence-corrected chi connectivity index (χ2v) is 15.1. The van der Waals surface area contributed by atoms with Crippen LogP contribution in [0.15, 0.2) is 83.9 Å². The molecule has 244 valence electrons. The molecule has 7 nitrogen and oxygen atoms in total. The van der Waals surface area contributed by atoms with Crippen molar-refractivity contribution < 1.29 is 19.8 Å². The number of hydrogen-bond donors (Lipinski definition) is 3. The first-order valence-electron chi connectivity index (χ1n) is 14.7. The third-order valence-electron chi connectivity index (χ3n) is 8.26. The summed E-state index contributed by atoms with van der Waals surface area (Å²) in [5, 5.41) is 24.9. The zero-order chi connectivity index (χ0) is 33.9. The predicted octanol–water partition coefficient (Wildman–Crippen LogP) is 9.09. The number of nitrogens with zero attached hydrogens (tertiary/aromatic N) is 2. The fraction of sp³-hybridized carbons (Fsp3) is 0.229. The van der Waals surface area contributed by atoms with Crippen LogP contribution < -0.4 is 5.32 Å².